The summed E-state index contributed by atoms with van der Waals surface area (Å²) in [4.78, 5) is 22.6. The number of halogens is 1. The fraction of sp³-hybridized carbons (Fsp3) is 0.353. The smallest absolute Gasteiger partial charge is 0.253 e. The highest BCUT2D eigenvalue weighted by Gasteiger charge is 2.25. The van der Waals surface area contributed by atoms with Crippen LogP contribution in [0.5, 0.6) is 5.75 Å². The molecule has 2 heterocycles. The van der Waals surface area contributed by atoms with Crippen LogP contribution in [0.3, 0.4) is 0 Å². The minimum Gasteiger partial charge on any atom is -0.497 e. The van der Waals surface area contributed by atoms with Gasteiger partial charge in [-0.05, 0) is 54.8 Å². The van der Waals surface area contributed by atoms with Gasteiger partial charge in [0, 0.05) is 36.5 Å². The molecule has 1 fully saturated rings. The predicted octanol–water partition coefficient (Wildman–Crippen LogP) is 3.16. The molecular weight excluding hydrogens is 314 g/mol. The number of nitrogens with zero attached hydrogens (tertiary/aromatic N) is 3. The molecule has 0 unspecified atom stereocenters. The number of rotatable bonds is 3. The topological polar surface area (TPSA) is 55.3 Å². The molecule has 0 N–H and O–H groups in total. The maximum atomic E-state index is 12.5. The van der Waals surface area contributed by atoms with E-state index in [9.17, 15) is 4.79 Å². The molecule has 6 heteroatoms. The molecule has 0 saturated carbocycles. The summed E-state index contributed by atoms with van der Waals surface area (Å²) >= 11 is 5.85. The zero-order valence-corrected chi connectivity index (χ0v) is 13.7. The Bertz CT molecular complexity index is 682. The predicted molar refractivity (Wildman–Crippen MR) is 87.9 cm³/mol. The Morgan fingerprint density at radius 1 is 1.22 bits per heavy atom. The maximum absolute atomic E-state index is 12.5. The lowest BCUT2D eigenvalue weighted by Crippen LogP contribution is -2.38. The molecule has 1 aliphatic rings. The number of carbonyl (C=O) groups excluding carboxylic acids is 1. The Labute approximate surface area is 140 Å². The SMILES string of the molecule is COc1ccc(C(=O)N2CCC(c3ccnc(Cl)n3)CC2)cc1. The first-order valence-electron chi connectivity index (χ1n) is 7.59. The summed E-state index contributed by atoms with van der Waals surface area (Å²) < 4.78 is 5.12. The van der Waals surface area contributed by atoms with E-state index in [0.717, 1.165) is 37.4 Å². The van der Waals surface area contributed by atoms with E-state index in [2.05, 4.69) is 9.97 Å². The number of amides is 1. The van der Waals surface area contributed by atoms with Gasteiger partial charge in [-0.15, -0.1) is 0 Å². The number of aromatic nitrogens is 2. The normalized spacial score (nSPS) is 15.5. The highest BCUT2D eigenvalue weighted by atomic mass is 35.5. The number of carbonyl (C=O) groups is 1. The quantitative estimate of drug-likeness (QED) is 0.811. The summed E-state index contributed by atoms with van der Waals surface area (Å²) in [7, 11) is 1.61. The third-order valence-corrected chi connectivity index (χ3v) is 4.37. The van der Waals surface area contributed by atoms with Gasteiger partial charge in [0.15, 0.2) is 0 Å². The molecule has 0 bridgehead atoms. The number of hydrogen-bond donors (Lipinski definition) is 0. The molecule has 1 saturated heterocycles. The number of piperidine rings is 1. The minimum atomic E-state index is 0.0619. The van der Waals surface area contributed by atoms with Gasteiger partial charge in [0.2, 0.25) is 5.28 Å². The zero-order chi connectivity index (χ0) is 16.2. The van der Waals surface area contributed by atoms with Gasteiger partial charge in [0.1, 0.15) is 5.75 Å². The summed E-state index contributed by atoms with van der Waals surface area (Å²) in [6.07, 6.45) is 3.45. The van der Waals surface area contributed by atoms with Crippen molar-refractivity contribution < 1.29 is 9.53 Å². The third-order valence-electron chi connectivity index (χ3n) is 4.19. The van der Waals surface area contributed by atoms with Crippen molar-refractivity contribution in [3.8, 4) is 5.75 Å². The molecule has 2 aromatic rings. The molecule has 23 heavy (non-hydrogen) atoms. The van der Waals surface area contributed by atoms with Crippen molar-refractivity contribution >= 4 is 17.5 Å². The highest BCUT2D eigenvalue weighted by molar-refractivity contribution is 6.28. The van der Waals surface area contributed by atoms with Gasteiger partial charge in [-0.25, -0.2) is 9.97 Å². The van der Waals surface area contributed by atoms with Crippen molar-refractivity contribution in [2.45, 2.75) is 18.8 Å². The van der Waals surface area contributed by atoms with Crippen LogP contribution in [-0.2, 0) is 0 Å². The summed E-state index contributed by atoms with van der Waals surface area (Å²) in [6, 6.07) is 9.12. The van der Waals surface area contributed by atoms with Gasteiger partial charge < -0.3 is 9.64 Å². The van der Waals surface area contributed by atoms with Crippen LogP contribution in [0.1, 0.15) is 34.8 Å². The van der Waals surface area contributed by atoms with E-state index in [0.29, 0.717) is 11.5 Å². The van der Waals surface area contributed by atoms with Crippen molar-refractivity contribution in [2.24, 2.45) is 0 Å². The molecule has 5 nitrogen and oxygen atoms in total. The summed E-state index contributed by atoms with van der Waals surface area (Å²) in [5, 5.41) is 0.277. The van der Waals surface area contributed by atoms with Gasteiger partial charge in [0.05, 0.1) is 7.11 Å². The van der Waals surface area contributed by atoms with Crippen LogP contribution in [0, 0.1) is 0 Å². The minimum absolute atomic E-state index is 0.0619. The number of benzene rings is 1. The lowest BCUT2D eigenvalue weighted by atomic mass is 9.93. The average Bonchev–Trinajstić information content (AvgIpc) is 2.61. The summed E-state index contributed by atoms with van der Waals surface area (Å²) in [5.41, 5.74) is 1.65. The molecule has 1 aromatic carbocycles. The van der Waals surface area contributed by atoms with Crippen LogP contribution in [0.4, 0.5) is 0 Å². The molecule has 1 aromatic heterocycles. The number of hydrogen-bond acceptors (Lipinski definition) is 4. The van der Waals surface area contributed by atoms with Crippen LogP contribution >= 0.6 is 11.6 Å². The van der Waals surface area contributed by atoms with Gasteiger partial charge in [0.25, 0.3) is 5.91 Å². The molecule has 0 atom stereocenters. The molecule has 120 valence electrons. The molecule has 0 aliphatic carbocycles. The van der Waals surface area contributed by atoms with E-state index in [4.69, 9.17) is 16.3 Å². The molecule has 0 spiro atoms. The maximum Gasteiger partial charge on any atom is 0.253 e. The van der Waals surface area contributed by atoms with Crippen LogP contribution in [0.2, 0.25) is 5.28 Å². The van der Waals surface area contributed by atoms with Crippen LogP contribution in [0.15, 0.2) is 36.5 Å². The first-order chi connectivity index (χ1) is 11.2. The fourth-order valence-corrected chi connectivity index (χ4v) is 3.02. The van der Waals surface area contributed by atoms with E-state index in [1.165, 1.54) is 0 Å². The standard InChI is InChI=1S/C17H18ClN3O2/c1-23-14-4-2-13(3-5-14)16(22)21-10-7-12(8-11-21)15-6-9-19-17(18)20-15/h2-6,9,12H,7-8,10-11H2,1H3. The van der Waals surface area contributed by atoms with Crippen LogP contribution in [-0.4, -0.2) is 41.0 Å². The van der Waals surface area contributed by atoms with Crippen molar-refractivity contribution in [1.29, 1.82) is 0 Å². The summed E-state index contributed by atoms with van der Waals surface area (Å²) in [6.45, 7) is 1.44. The molecular formula is C17H18ClN3O2. The average molecular weight is 332 g/mol. The Kier molecular flexibility index (Phi) is 4.76. The lowest BCUT2D eigenvalue weighted by molar-refractivity contribution is 0.0712. The van der Waals surface area contributed by atoms with E-state index in [-0.39, 0.29) is 11.2 Å². The molecule has 0 radical (unpaired) electrons. The molecule has 1 aliphatic heterocycles. The van der Waals surface area contributed by atoms with Gasteiger partial charge >= 0.3 is 0 Å². The number of ether oxygens (including phenoxy) is 1. The van der Waals surface area contributed by atoms with Crippen LogP contribution in [0.25, 0.3) is 0 Å². The Hall–Kier alpha value is -2.14. The second-order valence-corrected chi connectivity index (χ2v) is 5.88. The second-order valence-electron chi connectivity index (χ2n) is 5.55. The van der Waals surface area contributed by atoms with Crippen molar-refractivity contribution in [2.75, 3.05) is 20.2 Å². The van der Waals surface area contributed by atoms with Crippen molar-refractivity contribution in [1.82, 2.24) is 14.9 Å². The second kappa shape index (κ2) is 6.96. The van der Waals surface area contributed by atoms with E-state index < -0.39 is 0 Å². The van der Waals surface area contributed by atoms with Gasteiger partial charge in [-0.2, -0.15) is 0 Å². The molecule has 1 amide bonds. The molecule has 3 rings (SSSR count). The largest absolute Gasteiger partial charge is 0.497 e. The van der Waals surface area contributed by atoms with Gasteiger partial charge in [-0.1, -0.05) is 0 Å². The first-order valence-corrected chi connectivity index (χ1v) is 7.97. The van der Waals surface area contributed by atoms with Gasteiger partial charge in [-0.3, -0.25) is 4.79 Å². The fourth-order valence-electron chi connectivity index (χ4n) is 2.87. The van der Waals surface area contributed by atoms with E-state index in [1.54, 1.807) is 25.4 Å². The Morgan fingerprint density at radius 2 is 1.91 bits per heavy atom. The highest BCUT2D eigenvalue weighted by Crippen LogP contribution is 2.27. The first kappa shape index (κ1) is 15.7. The Balaban J connectivity index is 1.62. The zero-order valence-electron chi connectivity index (χ0n) is 12.9. The monoisotopic (exact) mass is 331 g/mol. The van der Waals surface area contributed by atoms with Crippen LogP contribution < -0.4 is 4.74 Å². The number of likely N-dealkylation sites (tertiary alicyclic amines) is 1. The van der Waals surface area contributed by atoms with Crippen molar-refractivity contribution in [3.63, 3.8) is 0 Å². The lowest BCUT2D eigenvalue weighted by Gasteiger charge is -2.31. The van der Waals surface area contributed by atoms with E-state index in [1.807, 2.05) is 23.1 Å². The van der Waals surface area contributed by atoms with E-state index >= 15 is 0 Å². The summed E-state index contributed by atoms with van der Waals surface area (Å²) in [5.74, 6) is 1.14. The van der Waals surface area contributed by atoms with Crippen molar-refractivity contribution in [3.05, 3.63) is 53.1 Å². The Morgan fingerprint density at radius 3 is 2.52 bits per heavy atom. The third kappa shape index (κ3) is 3.62. The number of methoxy groups -OCH3 is 1.